The first-order chi connectivity index (χ1) is 8.79. The number of hydrogen-bond donors (Lipinski definition) is 1. The molecule has 2 rings (SSSR count). The van der Waals surface area contributed by atoms with Crippen LogP contribution in [0.5, 0.6) is 0 Å². The smallest absolute Gasteiger partial charge is 0.269 e. The molecule has 1 aliphatic carbocycles. The summed E-state index contributed by atoms with van der Waals surface area (Å²) in [6.45, 7) is 5.59. The van der Waals surface area contributed by atoms with Crippen LogP contribution in [0.15, 0.2) is 6.07 Å². The molecule has 1 N–H and O–H groups in total. The van der Waals surface area contributed by atoms with E-state index in [-0.39, 0.29) is 18.2 Å². The Morgan fingerprint density at radius 2 is 2.05 bits per heavy atom. The molecule has 1 amide bonds. The highest BCUT2D eigenvalue weighted by molar-refractivity contribution is 5.96. The lowest BCUT2D eigenvalue weighted by molar-refractivity contribution is -0.125. The van der Waals surface area contributed by atoms with Gasteiger partial charge in [0.15, 0.2) is 5.78 Å². The van der Waals surface area contributed by atoms with Crippen LogP contribution < -0.4 is 5.32 Å². The number of aromatic nitrogens is 2. The Kier molecular flexibility index (Phi) is 3.47. The van der Waals surface area contributed by atoms with Crippen molar-refractivity contribution in [1.82, 2.24) is 15.1 Å². The molecule has 0 atom stereocenters. The van der Waals surface area contributed by atoms with Gasteiger partial charge < -0.3 is 5.32 Å². The third kappa shape index (κ3) is 3.22. The van der Waals surface area contributed by atoms with Crippen LogP contribution >= 0.6 is 0 Å². The molecule has 0 saturated heterocycles. The van der Waals surface area contributed by atoms with Crippen LogP contribution in [-0.4, -0.2) is 28.0 Å². The number of carbonyl (C=O) groups excluding carboxylic acids is 2. The SMILES string of the molecule is Cn1nc(C2CC2)cc1C(=O)NCC(=O)C(C)(C)C. The number of nitrogens with one attached hydrogen (secondary N) is 1. The van der Waals surface area contributed by atoms with Crippen molar-refractivity contribution in [1.29, 1.82) is 0 Å². The summed E-state index contributed by atoms with van der Waals surface area (Å²) >= 11 is 0. The highest BCUT2D eigenvalue weighted by atomic mass is 16.2. The highest BCUT2D eigenvalue weighted by Crippen LogP contribution is 2.39. The molecular formula is C14H21N3O2. The lowest BCUT2D eigenvalue weighted by atomic mass is 9.91. The molecule has 1 aromatic rings. The minimum Gasteiger partial charge on any atom is -0.344 e. The zero-order chi connectivity index (χ0) is 14.2. The van der Waals surface area contributed by atoms with Crippen LogP contribution in [0.25, 0.3) is 0 Å². The first-order valence-electron chi connectivity index (χ1n) is 6.64. The van der Waals surface area contributed by atoms with Gasteiger partial charge in [0.1, 0.15) is 5.69 Å². The zero-order valence-corrected chi connectivity index (χ0v) is 12.0. The monoisotopic (exact) mass is 263 g/mol. The second-order valence-corrected chi connectivity index (χ2v) is 6.21. The molecule has 0 spiro atoms. The van der Waals surface area contributed by atoms with E-state index in [4.69, 9.17) is 0 Å². The molecule has 1 heterocycles. The van der Waals surface area contributed by atoms with Gasteiger partial charge >= 0.3 is 0 Å². The Hall–Kier alpha value is -1.65. The van der Waals surface area contributed by atoms with Crippen molar-refractivity contribution < 1.29 is 9.59 Å². The largest absolute Gasteiger partial charge is 0.344 e. The van der Waals surface area contributed by atoms with Gasteiger partial charge in [-0.15, -0.1) is 0 Å². The van der Waals surface area contributed by atoms with E-state index in [0.717, 1.165) is 18.5 Å². The van der Waals surface area contributed by atoms with Crippen LogP contribution in [0.3, 0.4) is 0 Å². The topological polar surface area (TPSA) is 64.0 Å². The summed E-state index contributed by atoms with van der Waals surface area (Å²) in [6.07, 6.45) is 2.31. The number of Topliss-reactive ketones (excluding diaryl/α,β-unsaturated/α-hetero) is 1. The second kappa shape index (κ2) is 4.79. The van der Waals surface area contributed by atoms with Crippen molar-refractivity contribution in [2.24, 2.45) is 12.5 Å². The van der Waals surface area contributed by atoms with Gasteiger partial charge in [0.25, 0.3) is 5.91 Å². The van der Waals surface area contributed by atoms with Crippen LogP contribution in [-0.2, 0) is 11.8 Å². The third-order valence-electron chi connectivity index (χ3n) is 3.37. The van der Waals surface area contributed by atoms with Gasteiger partial charge in [-0.25, -0.2) is 0 Å². The molecule has 5 nitrogen and oxygen atoms in total. The van der Waals surface area contributed by atoms with E-state index in [1.54, 1.807) is 11.7 Å². The summed E-state index contributed by atoms with van der Waals surface area (Å²) in [5.41, 5.74) is 1.07. The van der Waals surface area contributed by atoms with Gasteiger partial charge in [0.2, 0.25) is 0 Å². The Balaban J connectivity index is 1.98. The first-order valence-corrected chi connectivity index (χ1v) is 6.64. The summed E-state index contributed by atoms with van der Waals surface area (Å²) in [6, 6.07) is 1.83. The number of aryl methyl sites for hydroxylation is 1. The minimum atomic E-state index is -0.432. The highest BCUT2D eigenvalue weighted by Gasteiger charge is 2.28. The third-order valence-corrected chi connectivity index (χ3v) is 3.37. The number of amides is 1. The van der Waals surface area contributed by atoms with E-state index < -0.39 is 5.41 Å². The molecule has 1 saturated carbocycles. The molecular weight excluding hydrogens is 242 g/mol. The predicted octanol–water partition coefficient (Wildman–Crippen LogP) is 1.64. The standard InChI is InChI=1S/C14H21N3O2/c1-14(2,3)12(18)8-15-13(19)11-7-10(9-5-6-9)16-17(11)4/h7,9H,5-6,8H2,1-4H3,(H,15,19). The molecule has 0 unspecified atom stereocenters. The lowest BCUT2D eigenvalue weighted by Gasteiger charge is -2.16. The molecule has 0 aromatic carbocycles. The predicted molar refractivity (Wildman–Crippen MR) is 72.0 cm³/mol. The van der Waals surface area contributed by atoms with Crippen molar-refractivity contribution >= 4 is 11.7 Å². The maximum atomic E-state index is 12.0. The Labute approximate surface area is 113 Å². The fourth-order valence-electron chi connectivity index (χ4n) is 1.80. The maximum Gasteiger partial charge on any atom is 0.269 e. The van der Waals surface area contributed by atoms with Crippen molar-refractivity contribution in [3.63, 3.8) is 0 Å². The quantitative estimate of drug-likeness (QED) is 0.898. The van der Waals surface area contributed by atoms with E-state index >= 15 is 0 Å². The van der Waals surface area contributed by atoms with Crippen molar-refractivity contribution in [3.05, 3.63) is 17.5 Å². The van der Waals surface area contributed by atoms with E-state index in [1.165, 1.54) is 0 Å². The Bertz CT molecular complexity index is 507. The summed E-state index contributed by atoms with van der Waals surface area (Å²) in [7, 11) is 1.76. The first kappa shape index (κ1) is 13.8. The molecule has 1 aromatic heterocycles. The molecule has 1 aliphatic rings. The number of hydrogen-bond acceptors (Lipinski definition) is 3. The summed E-state index contributed by atoms with van der Waals surface area (Å²) < 4.78 is 1.59. The van der Waals surface area contributed by atoms with E-state index in [2.05, 4.69) is 10.4 Å². The van der Waals surface area contributed by atoms with Crippen LogP contribution in [0, 0.1) is 5.41 Å². The van der Waals surface area contributed by atoms with Gasteiger partial charge in [-0.2, -0.15) is 5.10 Å². The fraction of sp³-hybridized carbons (Fsp3) is 0.643. The minimum absolute atomic E-state index is 0.0189. The van der Waals surface area contributed by atoms with E-state index in [9.17, 15) is 9.59 Å². The summed E-state index contributed by atoms with van der Waals surface area (Å²) in [5, 5.41) is 7.01. The molecule has 19 heavy (non-hydrogen) atoms. The van der Waals surface area contributed by atoms with Crippen LogP contribution in [0.1, 0.15) is 55.7 Å². The molecule has 104 valence electrons. The molecule has 1 fully saturated rings. The molecule has 0 aliphatic heterocycles. The summed E-state index contributed by atoms with van der Waals surface area (Å²) in [4.78, 5) is 23.8. The summed E-state index contributed by atoms with van der Waals surface area (Å²) in [5.74, 6) is 0.300. The van der Waals surface area contributed by atoms with Crippen molar-refractivity contribution in [2.75, 3.05) is 6.54 Å². The average molecular weight is 263 g/mol. The number of nitrogens with zero attached hydrogens (tertiary/aromatic N) is 2. The molecule has 0 radical (unpaired) electrons. The van der Waals surface area contributed by atoms with Crippen LogP contribution in [0.4, 0.5) is 0 Å². The maximum absolute atomic E-state index is 12.0. The second-order valence-electron chi connectivity index (χ2n) is 6.21. The molecule has 5 heteroatoms. The van der Waals surface area contributed by atoms with Gasteiger partial charge in [-0.3, -0.25) is 14.3 Å². The Morgan fingerprint density at radius 3 is 2.58 bits per heavy atom. The van der Waals surface area contributed by atoms with Gasteiger partial charge in [0, 0.05) is 18.4 Å². The molecule has 0 bridgehead atoms. The van der Waals surface area contributed by atoms with Crippen molar-refractivity contribution in [3.8, 4) is 0 Å². The van der Waals surface area contributed by atoms with Gasteiger partial charge in [-0.05, 0) is 18.9 Å². The number of rotatable bonds is 4. The number of ketones is 1. The van der Waals surface area contributed by atoms with Gasteiger partial charge in [0.05, 0.1) is 12.2 Å². The number of carbonyl (C=O) groups is 2. The fourth-order valence-corrected chi connectivity index (χ4v) is 1.80. The van der Waals surface area contributed by atoms with Crippen LogP contribution in [0.2, 0.25) is 0 Å². The normalized spacial score (nSPS) is 15.4. The Morgan fingerprint density at radius 1 is 1.42 bits per heavy atom. The zero-order valence-electron chi connectivity index (χ0n) is 12.0. The van der Waals surface area contributed by atoms with E-state index in [0.29, 0.717) is 11.6 Å². The average Bonchev–Trinajstić information content (AvgIpc) is 3.08. The lowest BCUT2D eigenvalue weighted by Crippen LogP contribution is -2.36. The van der Waals surface area contributed by atoms with E-state index in [1.807, 2.05) is 26.8 Å². The van der Waals surface area contributed by atoms with Gasteiger partial charge in [-0.1, -0.05) is 20.8 Å². The van der Waals surface area contributed by atoms with Crippen molar-refractivity contribution in [2.45, 2.75) is 39.5 Å².